The van der Waals surface area contributed by atoms with Crippen LogP contribution in [0.1, 0.15) is 49.5 Å². The van der Waals surface area contributed by atoms with Gasteiger partial charge in [0, 0.05) is 10.3 Å². The van der Waals surface area contributed by atoms with Gasteiger partial charge in [0.2, 0.25) is 5.82 Å². The number of H-pyrrole nitrogens is 1. The Kier molecular flexibility index (Phi) is 7.05. The molecule has 0 amide bonds. The number of hydrogen-bond acceptors (Lipinski definition) is 5. The molecule has 4 rings (SSSR count). The molecule has 2 aromatic heterocycles. The minimum Gasteiger partial charge on any atom is -0.508 e. The van der Waals surface area contributed by atoms with Crippen molar-refractivity contribution in [3.8, 4) is 16.5 Å². The fourth-order valence-corrected chi connectivity index (χ4v) is 6.53. The van der Waals surface area contributed by atoms with Gasteiger partial charge in [-0.2, -0.15) is 5.21 Å². The number of tetrazole rings is 1. The summed E-state index contributed by atoms with van der Waals surface area (Å²) in [6, 6.07) is 11.9. The molecule has 4 atom stereocenters. The standard InChI is InChI=1S/C23H29ClN4OS/c1-15-13-21(24)20(19(15)9-3-6-16-5-2-7-17(29)14-16)10-4-8-18-11-12-22(30-18)23-25-27-28-26-23/h2,5,7,11-12,14-15,19-21,29H,3-4,6,8-10,13H2,1H3,(H,25,26,27,28)/t15-,19+,20-,21-/m1/s1. The van der Waals surface area contributed by atoms with Crippen LogP contribution in [0.25, 0.3) is 10.7 Å². The third-order valence-corrected chi connectivity index (χ3v) is 8.09. The maximum absolute atomic E-state index is 9.66. The molecule has 0 bridgehead atoms. The summed E-state index contributed by atoms with van der Waals surface area (Å²) in [7, 11) is 0. The number of nitrogens with zero attached hydrogens (tertiary/aromatic N) is 3. The van der Waals surface area contributed by atoms with Crippen molar-refractivity contribution in [1.29, 1.82) is 0 Å². The Labute approximate surface area is 186 Å². The van der Waals surface area contributed by atoms with Gasteiger partial charge in [0.25, 0.3) is 0 Å². The van der Waals surface area contributed by atoms with Gasteiger partial charge in [-0.15, -0.1) is 33.1 Å². The Bertz CT molecular complexity index is 929. The highest BCUT2D eigenvalue weighted by molar-refractivity contribution is 7.15. The second kappa shape index (κ2) is 9.92. The summed E-state index contributed by atoms with van der Waals surface area (Å²) < 4.78 is 0. The minimum atomic E-state index is 0.295. The summed E-state index contributed by atoms with van der Waals surface area (Å²) in [4.78, 5) is 2.43. The van der Waals surface area contributed by atoms with E-state index < -0.39 is 0 Å². The summed E-state index contributed by atoms with van der Waals surface area (Å²) in [5.41, 5.74) is 1.22. The maximum Gasteiger partial charge on any atom is 0.214 e. The number of aromatic amines is 1. The van der Waals surface area contributed by atoms with Crippen LogP contribution < -0.4 is 0 Å². The zero-order valence-corrected chi connectivity index (χ0v) is 18.9. The lowest BCUT2D eigenvalue weighted by molar-refractivity contribution is 0.283. The van der Waals surface area contributed by atoms with E-state index in [9.17, 15) is 5.11 Å². The van der Waals surface area contributed by atoms with Crippen molar-refractivity contribution in [2.45, 2.75) is 57.2 Å². The van der Waals surface area contributed by atoms with Gasteiger partial charge in [-0.3, -0.25) is 0 Å². The predicted molar refractivity (Wildman–Crippen MR) is 122 cm³/mol. The second-order valence-corrected chi connectivity index (χ2v) is 10.2. The number of alkyl halides is 1. The van der Waals surface area contributed by atoms with E-state index >= 15 is 0 Å². The molecule has 3 aromatic rings. The van der Waals surface area contributed by atoms with Crippen molar-refractivity contribution in [3.05, 3.63) is 46.8 Å². The topological polar surface area (TPSA) is 74.7 Å². The van der Waals surface area contributed by atoms with Crippen molar-refractivity contribution in [2.24, 2.45) is 17.8 Å². The van der Waals surface area contributed by atoms with Gasteiger partial charge in [-0.1, -0.05) is 19.1 Å². The van der Waals surface area contributed by atoms with Crippen molar-refractivity contribution in [2.75, 3.05) is 0 Å². The summed E-state index contributed by atoms with van der Waals surface area (Å²) in [5.74, 6) is 3.01. The number of phenols is 1. The number of phenolic OH excluding ortho intramolecular Hbond substituents is 1. The Morgan fingerprint density at radius 2 is 1.97 bits per heavy atom. The first kappa shape index (κ1) is 21.3. The van der Waals surface area contributed by atoms with Crippen LogP contribution in [0.4, 0.5) is 0 Å². The van der Waals surface area contributed by atoms with Crippen molar-refractivity contribution in [1.82, 2.24) is 20.6 Å². The SMILES string of the molecule is C[C@@H]1C[C@@H](Cl)[C@H](CCCc2ccc(-c3nn[nH]n3)s2)[C@H]1CCCc1cccc(O)c1. The van der Waals surface area contributed by atoms with Crippen molar-refractivity contribution < 1.29 is 5.11 Å². The molecular weight excluding hydrogens is 416 g/mol. The van der Waals surface area contributed by atoms with Crippen LogP contribution >= 0.6 is 22.9 Å². The van der Waals surface area contributed by atoms with Crippen molar-refractivity contribution in [3.63, 3.8) is 0 Å². The highest BCUT2D eigenvalue weighted by Crippen LogP contribution is 2.45. The Hall–Kier alpha value is -1.92. The Morgan fingerprint density at radius 3 is 2.77 bits per heavy atom. The number of thiophene rings is 1. The molecule has 1 aliphatic carbocycles. The van der Waals surface area contributed by atoms with Gasteiger partial charge < -0.3 is 5.11 Å². The summed E-state index contributed by atoms with van der Waals surface area (Å²) >= 11 is 8.53. The molecule has 1 aromatic carbocycles. The summed E-state index contributed by atoms with van der Waals surface area (Å²) in [6.45, 7) is 2.37. The molecule has 1 fully saturated rings. The quantitative estimate of drug-likeness (QED) is 0.405. The maximum atomic E-state index is 9.66. The van der Waals surface area contributed by atoms with Crippen LogP contribution in [-0.2, 0) is 12.8 Å². The number of nitrogens with one attached hydrogen (secondary N) is 1. The highest BCUT2D eigenvalue weighted by atomic mass is 35.5. The molecule has 30 heavy (non-hydrogen) atoms. The molecule has 160 valence electrons. The lowest BCUT2D eigenvalue weighted by Gasteiger charge is -2.24. The summed E-state index contributed by atoms with van der Waals surface area (Å²) in [5, 5.41) is 24.2. The predicted octanol–water partition coefficient (Wildman–Crippen LogP) is 5.86. The van der Waals surface area contributed by atoms with E-state index in [-0.39, 0.29) is 0 Å². The van der Waals surface area contributed by atoms with E-state index in [1.807, 2.05) is 12.1 Å². The van der Waals surface area contributed by atoms with E-state index in [1.54, 1.807) is 17.4 Å². The second-order valence-electron chi connectivity index (χ2n) is 8.51. The smallest absolute Gasteiger partial charge is 0.214 e. The Balaban J connectivity index is 1.27. The van der Waals surface area contributed by atoms with Crippen LogP contribution in [0.5, 0.6) is 5.75 Å². The largest absolute Gasteiger partial charge is 0.508 e. The zero-order valence-electron chi connectivity index (χ0n) is 17.3. The number of aromatic nitrogens is 4. The summed E-state index contributed by atoms with van der Waals surface area (Å²) in [6.07, 6.45) is 7.94. The van der Waals surface area contributed by atoms with Crippen LogP contribution in [0, 0.1) is 17.8 Å². The van der Waals surface area contributed by atoms with E-state index in [1.165, 1.54) is 23.3 Å². The van der Waals surface area contributed by atoms with Crippen LogP contribution in [-0.4, -0.2) is 31.1 Å². The third-order valence-electron chi connectivity index (χ3n) is 6.44. The van der Waals surface area contributed by atoms with Crippen LogP contribution in [0.3, 0.4) is 0 Å². The molecular formula is C23H29ClN4OS. The van der Waals surface area contributed by atoms with Crippen LogP contribution in [0.15, 0.2) is 36.4 Å². The molecule has 0 aliphatic heterocycles. The van der Waals surface area contributed by atoms with Gasteiger partial charge in [-0.05, 0) is 97.7 Å². The number of aromatic hydroxyl groups is 1. The average Bonchev–Trinajstić information content (AvgIpc) is 3.45. The van der Waals surface area contributed by atoms with Crippen LogP contribution in [0.2, 0.25) is 0 Å². The fourth-order valence-electron chi connectivity index (χ4n) is 4.95. The van der Waals surface area contributed by atoms with Gasteiger partial charge in [0.15, 0.2) is 0 Å². The molecule has 0 radical (unpaired) electrons. The number of hydrogen-bond donors (Lipinski definition) is 2. The first-order chi connectivity index (χ1) is 14.6. The molecule has 0 unspecified atom stereocenters. The molecule has 0 saturated heterocycles. The van der Waals surface area contributed by atoms with Gasteiger partial charge >= 0.3 is 0 Å². The van der Waals surface area contributed by atoms with E-state index in [2.05, 4.69) is 45.7 Å². The van der Waals surface area contributed by atoms with Gasteiger partial charge in [-0.25, -0.2) is 0 Å². The molecule has 2 N–H and O–H groups in total. The third kappa shape index (κ3) is 5.22. The molecule has 1 aliphatic rings. The van der Waals surface area contributed by atoms with E-state index in [4.69, 9.17) is 11.6 Å². The van der Waals surface area contributed by atoms with Crippen molar-refractivity contribution >= 4 is 22.9 Å². The molecule has 0 spiro atoms. The van der Waals surface area contributed by atoms with Gasteiger partial charge in [0.05, 0.1) is 4.88 Å². The Morgan fingerprint density at radius 1 is 1.13 bits per heavy atom. The average molecular weight is 445 g/mol. The molecule has 1 saturated carbocycles. The first-order valence-electron chi connectivity index (χ1n) is 10.8. The molecule has 7 heteroatoms. The number of aryl methyl sites for hydroxylation is 2. The van der Waals surface area contributed by atoms with E-state index in [0.717, 1.165) is 37.0 Å². The highest BCUT2D eigenvalue weighted by Gasteiger charge is 2.38. The van der Waals surface area contributed by atoms with E-state index in [0.29, 0.717) is 34.7 Å². The molecule has 2 heterocycles. The number of benzene rings is 1. The fraction of sp³-hybridized carbons (Fsp3) is 0.522. The normalized spacial score (nSPS) is 23.8. The minimum absolute atomic E-state index is 0.295. The van der Waals surface area contributed by atoms with Gasteiger partial charge in [0.1, 0.15) is 5.75 Å². The zero-order chi connectivity index (χ0) is 20.9. The number of rotatable bonds is 9. The monoisotopic (exact) mass is 444 g/mol. The lowest BCUT2D eigenvalue weighted by atomic mass is 9.83. The molecule has 5 nitrogen and oxygen atoms in total. The lowest BCUT2D eigenvalue weighted by Crippen LogP contribution is -2.18. The number of halogens is 1. The first-order valence-corrected chi connectivity index (χ1v) is 12.1.